The lowest BCUT2D eigenvalue weighted by atomic mass is 10.0. The van der Waals surface area contributed by atoms with E-state index in [2.05, 4.69) is 15.3 Å². The zero-order valence-corrected chi connectivity index (χ0v) is 16.4. The number of anilines is 2. The van der Waals surface area contributed by atoms with Gasteiger partial charge in [-0.1, -0.05) is 12.1 Å². The third kappa shape index (κ3) is 4.60. The van der Waals surface area contributed by atoms with E-state index in [4.69, 9.17) is 5.73 Å². The van der Waals surface area contributed by atoms with Crippen LogP contribution < -0.4 is 16.0 Å². The second-order valence-corrected chi connectivity index (χ2v) is 7.32. The Kier molecular flexibility index (Phi) is 5.50. The van der Waals surface area contributed by atoms with E-state index in [-0.39, 0.29) is 6.04 Å². The van der Waals surface area contributed by atoms with Gasteiger partial charge in [-0.15, -0.1) is 0 Å². The number of aromatic nitrogens is 2. The fourth-order valence-electron chi connectivity index (χ4n) is 3.65. The lowest BCUT2D eigenvalue weighted by molar-refractivity contribution is -0.137. The summed E-state index contributed by atoms with van der Waals surface area (Å²) in [6.07, 6.45) is -1.18. The van der Waals surface area contributed by atoms with E-state index in [0.29, 0.717) is 24.5 Å². The molecule has 1 fully saturated rings. The van der Waals surface area contributed by atoms with Crippen LogP contribution in [0.2, 0.25) is 0 Å². The minimum Gasteiger partial charge on any atom is -0.369 e. The number of carbonyl (C=O) groups excluding carboxylic acids is 1. The van der Waals surface area contributed by atoms with Crippen LogP contribution in [0.1, 0.15) is 22.3 Å². The first-order valence-electron chi connectivity index (χ1n) is 9.71. The van der Waals surface area contributed by atoms with E-state index >= 15 is 0 Å². The molecule has 4 rings (SSSR count). The van der Waals surface area contributed by atoms with E-state index in [1.807, 2.05) is 35.2 Å². The minimum atomic E-state index is -4.41. The van der Waals surface area contributed by atoms with Crippen molar-refractivity contribution in [2.45, 2.75) is 18.6 Å². The average molecular weight is 427 g/mol. The Hall–Kier alpha value is -3.62. The van der Waals surface area contributed by atoms with Crippen molar-refractivity contribution in [3.8, 4) is 11.3 Å². The van der Waals surface area contributed by atoms with Crippen molar-refractivity contribution >= 4 is 17.4 Å². The summed E-state index contributed by atoms with van der Waals surface area (Å²) >= 11 is 0. The van der Waals surface area contributed by atoms with E-state index in [9.17, 15) is 18.0 Å². The number of amides is 1. The lowest BCUT2D eigenvalue weighted by Crippen LogP contribution is -2.28. The Morgan fingerprint density at radius 2 is 1.97 bits per heavy atom. The molecule has 0 aliphatic carbocycles. The van der Waals surface area contributed by atoms with Gasteiger partial charge in [0.1, 0.15) is 5.82 Å². The molecule has 2 aromatic heterocycles. The number of nitrogens with two attached hydrogens (primary N) is 1. The van der Waals surface area contributed by atoms with E-state index < -0.39 is 17.6 Å². The molecule has 6 nitrogen and oxygen atoms in total. The van der Waals surface area contributed by atoms with Gasteiger partial charge in [0, 0.05) is 42.8 Å². The smallest absolute Gasteiger partial charge is 0.369 e. The second-order valence-electron chi connectivity index (χ2n) is 7.32. The monoisotopic (exact) mass is 427 g/mol. The molecule has 0 spiro atoms. The van der Waals surface area contributed by atoms with Crippen LogP contribution in [0, 0.1) is 0 Å². The number of benzene rings is 1. The Labute approximate surface area is 176 Å². The topological polar surface area (TPSA) is 84.1 Å². The van der Waals surface area contributed by atoms with E-state index in [1.54, 1.807) is 12.3 Å². The predicted octanol–water partition coefficient (Wildman–Crippen LogP) is 3.95. The van der Waals surface area contributed by atoms with Crippen LogP contribution in [0.25, 0.3) is 11.3 Å². The van der Waals surface area contributed by atoms with E-state index in [0.717, 1.165) is 35.6 Å². The lowest BCUT2D eigenvalue weighted by Gasteiger charge is -2.22. The normalized spacial score (nSPS) is 16.4. The average Bonchev–Trinajstić information content (AvgIpc) is 3.22. The van der Waals surface area contributed by atoms with Gasteiger partial charge in [-0.2, -0.15) is 13.2 Å². The molecule has 31 heavy (non-hydrogen) atoms. The van der Waals surface area contributed by atoms with Crippen molar-refractivity contribution in [2.24, 2.45) is 5.73 Å². The highest BCUT2D eigenvalue weighted by atomic mass is 19.4. The summed E-state index contributed by atoms with van der Waals surface area (Å²) < 4.78 is 38.1. The number of rotatable bonds is 5. The van der Waals surface area contributed by atoms with Crippen molar-refractivity contribution < 1.29 is 18.0 Å². The van der Waals surface area contributed by atoms with Gasteiger partial charge in [0.15, 0.2) is 0 Å². The van der Waals surface area contributed by atoms with Crippen molar-refractivity contribution in [3.63, 3.8) is 0 Å². The van der Waals surface area contributed by atoms with E-state index in [1.165, 1.54) is 6.07 Å². The largest absolute Gasteiger partial charge is 0.417 e. The third-order valence-electron chi connectivity index (χ3n) is 5.19. The van der Waals surface area contributed by atoms with Crippen LogP contribution in [0.3, 0.4) is 0 Å². The maximum Gasteiger partial charge on any atom is 0.417 e. The van der Waals surface area contributed by atoms with Gasteiger partial charge >= 0.3 is 6.18 Å². The molecule has 1 aliphatic rings. The summed E-state index contributed by atoms with van der Waals surface area (Å²) in [6, 6.07) is 13.3. The molecule has 3 aromatic rings. The van der Waals surface area contributed by atoms with Crippen LogP contribution in [0.4, 0.5) is 24.7 Å². The number of hydrogen-bond donors (Lipinski definition) is 2. The highest BCUT2D eigenvalue weighted by Gasteiger charge is 2.31. The van der Waals surface area contributed by atoms with Gasteiger partial charge in [-0.25, -0.2) is 4.98 Å². The SMILES string of the molecule is NC(=O)c1cc(-c2ccccn2)ccc1N1CC[C@H](Nc2ccc(C(F)(F)F)cn2)C1. The summed E-state index contributed by atoms with van der Waals surface area (Å²) in [7, 11) is 0. The van der Waals surface area contributed by atoms with Crippen LogP contribution >= 0.6 is 0 Å². The van der Waals surface area contributed by atoms with Gasteiger partial charge in [-0.3, -0.25) is 9.78 Å². The standard InChI is InChI=1S/C22H20F3N5O/c23-22(24,25)15-5-7-20(28-12-15)29-16-8-10-30(13-16)19-6-4-14(11-17(19)21(26)31)18-3-1-2-9-27-18/h1-7,9,11-12,16H,8,10,13H2,(H2,26,31)(H,28,29)/t16-/m0/s1. The predicted molar refractivity (Wildman–Crippen MR) is 112 cm³/mol. The Balaban J connectivity index is 1.49. The number of nitrogens with zero attached hydrogens (tertiary/aromatic N) is 3. The van der Waals surface area contributed by atoms with Crippen LogP contribution in [-0.4, -0.2) is 35.0 Å². The Morgan fingerprint density at radius 1 is 1.13 bits per heavy atom. The molecule has 1 atom stereocenters. The molecule has 0 unspecified atom stereocenters. The van der Waals surface area contributed by atoms with Gasteiger partial charge < -0.3 is 16.0 Å². The number of alkyl halides is 3. The fourth-order valence-corrected chi connectivity index (χ4v) is 3.65. The highest BCUT2D eigenvalue weighted by molar-refractivity contribution is 6.00. The number of nitrogens with one attached hydrogen (secondary N) is 1. The number of hydrogen-bond acceptors (Lipinski definition) is 5. The van der Waals surface area contributed by atoms with Crippen molar-refractivity contribution in [2.75, 3.05) is 23.3 Å². The fraction of sp³-hybridized carbons (Fsp3) is 0.227. The van der Waals surface area contributed by atoms with Gasteiger partial charge in [-0.05, 0) is 42.8 Å². The van der Waals surface area contributed by atoms with Crippen molar-refractivity contribution in [3.05, 3.63) is 72.1 Å². The molecule has 1 aromatic carbocycles. The van der Waals surface area contributed by atoms with Crippen molar-refractivity contribution in [1.82, 2.24) is 9.97 Å². The molecule has 0 radical (unpaired) electrons. The second kappa shape index (κ2) is 8.25. The number of primary amides is 1. The molecular formula is C22H20F3N5O. The summed E-state index contributed by atoms with van der Waals surface area (Å²) in [4.78, 5) is 22.3. The first-order chi connectivity index (χ1) is 14.8. The molecule has 1 amide bonds. The summed E-state index contributed by atoms with van der Waals surface area (Å²) in [6.45, 7) is 1.23. The van der Waals surface area contributed by atoms with Gasteiger partial charge in [0.25, 0.3) is 5.91 Å². The summed E-state index contributed by atoms with van der Waals surface area (Å²) in [5, 5.41) is 3.16. The molecule has 3 N–H and O–H groups in total. The van der Waals surface area contributed by atoms with Gasteiger partial charge in [0.05, 0.1) is 16.8 Å². The maximum atomic E-state index is 12.7. The molecule has 1 aliphatic heterocycles. The van der Waals surface area contributed by atoms with Gasteiger partial charge in [0.2, 0.25) is 0 Å². The molecule has 3 heterocycles. The molecule has 160 valence electrons. The molecule has 1 saturated heterocycles. The summed E-state index contributed by atoms with van der Waals surface area (Å²) in [5.74, 6) is -0.158. The highest BCUT2D eigenvalue weighted by Crippen LogP contribution is 2.31. The molecule has 0 saturated carbocycles. The maximum absolute atomic E-state index is 12.7. The van der Waals surface area contributed by atoms with Crippen molar-refractivity contribution in [1.29, 1.82) is 0 Å². The minimum absolute atomic E-state index is 0.0274. The molecular weight excluding hydrogens is 407 g/mol. The zero-order chi connectivity index (χ0) is 22.0. The Morgan fingerprint density at radius 3 is 2.61 bits per heavy atom. The van der Waals surface area contributed by atoms with Crippen LogP contribution in [0.5, 0.6) is 0 Å². The first kappa shape index (κ1) is 20.6. The van der Waals surface area contributed by atoms with Crippen LogP contribution in [0.15, 0.2) is 60.9 Å². The molecule has 9 heteroatoms. The number of halogens is 3. The Bertz CT molecular complexity index is 1070. The first-order valence-corrected chi connectivity index (χ1v) is 9.71. The molecule has 0 bridgehead atoms. The van der Waals surface area contributed by atoms with Crippen LogP contribution in [-0.2, 0) is 6.18 Å². The number of pyridine rings is 2. The summed E-state index contributed by atoms with van der Waals surface area (Å²) in [5.41, 5.74) is 7.50. The number of carbonyl (C=O) groups is 1. The zero-order valence-electron chi connectivity index (χ0n) is 16.4. The third-order valence-corrected chi connectivity index (χ3v) is 5.19. The quantitative estimate of drug-likeness (QED) is 0.644.